The number of carbonyl (C=O) groups is 1. The third-order valence-corrected chi connectivity index (χ3v) is 5.00. The first kappa shape index (κ1) is 22.6. The minimum Gasteiger partial charge on any atom is -0.337 e. The van der Waals surface area contributed by atoms with E-state index in [1.165, 1.54) is 0 Å². The van der Waals surface area contributed by atoms with Gasteiger partial charge in [-0.05, 0) is 44.8 Å². The minimum atomic E-state index is -0.362. The molecule has 1 aromatic carbocycles. The number of hydrogen-bond acceptors (Lipinski definition) is 6. The van der Waals surface area contributed by atoms with Crippen molar-refractivity contribution in [2.24, 2.45) is 0 Å². The molecule has 0 spiro atoms. The molecule has 0 atom stereocenters. The first-order valence-corrected chi connectivity index (χ1v) is 10.3. The van der Waals surface area contributed by atoms with Crippen LogP contribution in [0.25, 0.3) is 11.6 Å². The van der Waals surface area contributed by atoms with Gasteiger partial charge < -0.3 is 14.8 Å². The van der Waals surface area contributed by atoms with E-state index in [9.17, 15) is 9.59 Å². The number of H-pyrrole nitrogens is 1. The van der Waals surface area contributed by atoms with Crippen molar-refractivity contribution >= 4 is 17.5 Å². The molecule has 1 N–H and O–H groups in total. The highest BCUT2D eigenvalue weighted by Gasteiger charge is 2.19. The number of aromatic amines is 1. The van der Waals surface area contributed by atoms with Gasteiger partial charge in [0.05, 0.1) is 6.42 Å². The molecule has 0 fully saturated rings. The Balaban J connectivity index is 1.82. The van der Waals surface area contributed by atoms with Crippen molar-refractivity contribution in [3.63, 3.8) is 0 Å². The summed E-state index contributed by atoms with van der Waals surface area (Å²) in [4.78, 5) is 44.9. The summed E-state index contributed by atoms with van der Waals surface area (Å²) < 4.78 is 0. The Bertz CT molecular complexity index is 1100. The van der Waals surface area contributed by atoms with E-state index in [0.717, 1.165) is 5.56 Å². The quantitative estimate of drug-likeness (QED) is 0.577. The number of halogens is 1. The molecule has 8 nitrogen and oxygen atoms in total. The number of aryl methyl sites for hydroxylation is 1. The first-order chi connectivity index (χ1) is 14.8. The summed E-state index contributed by atoms with van der Waals surface area (Å²) in [5, 5.41) is 0.618. The van der Waals surface area contributed by atoms with Crippen LogP contribution in [0, 0.1) is 6.92 Å². The van der Waals surface area contributed by atoms with Gasteiger partial charge in [-0.1, -0.05) is 23.7 Å². The summed E-state index contributed by atoms with van der Waals surface area (Å²) in [5.41, 5.74) is 1.39. The molecular formula is C22H25ClN6O2. The second-order valence-corrected chi connectivity index (χ2v) is 7.91. The fourth-order valence-corrected chi connectivity index (χ4v) is 3.29. The van der Waals surface area contributed by atoms with Gasteiger partial charge in [0.1, 0.15) is 0 Å². The maximum Gasteiger partial charge on any atom is 0.255 e. The molecule has 0 radical (unpaired) electrons. The SMILES string of the molecule is Cc1nc(-c2ncccn2)[nH]c(=O)c1CC(=O)N(CCN(C)C)Cc1cccc(Cl)c1. The van der Waals surface area contributed by atoms with Crippen LogP contribution in [-0.2, 0) is 17.8 Å². The van der Waals surface area contributed by atoms with Gasteiger partial charge in [0.25, 0.3) is 5.56 Å². The second kappa shape index (κ2) is 10.3. The number of carbonyl (C=O) groups excluding carboxylic acids is 1. The molecule has 0 bridgehead atoms. The van der Waals surface area contributed by atoms with E-state index in [1.54, 1.807) is 36.4 Å². The van der Waals surface area contributed by atoms with Crippen molar-refractivity contribution in [1.29, 1.82) is 0 Å². The Labute approximate surface area is 185 Å². The standard InChI is InChI=1S/C22H25ClN6O2/c1-15-18(22(31)27-21(26-15)20-24-8-5-9-25-20)13-19(30)29(11-10-28(2)3)14-16-6-4-7-17(23)12-16/h4-9,12H,10-11,13-14H2,1-3H3,(H,26,27,31). The number of nitrogens with zero attached hydrogens (tertiary/aromatic N) is 5. The molecule has 2 heterocycles. The van der Waals surface area contributed by atoms with Crippen molar-refractivity contribution in [2.45, 2.75) is 19.9 Å². The highest BCUT2D eigenvalue weighted by atomic mass is 35.5. The van der Waals surface area contributed by atoms with Gasteiger partial charge in [-0.3, -0.25) is 9.59 Å². The van der Waals surface area contributed by atoms with Crippen molar-refractivity contribution < 1.29 is 4.79 Å². The summed E-state index contributed by atoms with van der Waals surface area (Å²) in [6.07, 6.45) is 3.11. The lowest BCUT2D eigenvalue weighted by molar-refractivity contribution is -0.131. The fourth-order valence-electron chi connectivity index (χ4n) is 3.08. The molecule has 31 heavy (non-hydrogen) atoms. The van der Waals surface area contributed by atoms with Crippen molar-refractivity contribution in [1.82, 2.24) is 29.7 Å². The van der Waals surface area contributed by atoms with Crippen LogP contribution in [-0.4, -0.2) is 62.8 Å². The van der Waals surface area contributed by atoms with Gasteiger partial charge in [0.2, 0.25) is 5.91 Å². The van der Waals surface area contributed by atoms with Crippen LogP contribution in [0.1, 0.15) is 16.8 Å². The van der Waals surface area contributed by atoms with E-state index in [-0.39, 0.29) is 23.7 Å². The first-order valence-electron chi connectivity index (χ1n) is 9.87. The third kappa shape index (κ3) is 6.19. The molecule has 3 aromatic rings. The molecule has 162 valence electrons. The van der Waals surface area contributed by atoms with Crippen LogP contribution in [0.3, 0.4) is 0 Å². The van der Waals surface area contributed by atoms with Gasteiger partial charge in [-0.15, -0.1) is 0 Å². The van der Waals surface area contributed by atoms with E-state index >= 15 is 0 Å². The summed E-state index contributed by atoms with van der Waals surface area (Å²) >= 11 is 6.10. The average molecular weight is 441 g/mol. The van der Waals surface area contributed by atoms with Crippen molar-refractivity contribution in [3.05, 3.63) is 74.9 Å². The molecular weight excluding hydrogens is 416 g/mol. The van der Waals surface area contributed by atoms with Crippen LogP contribution in [0.4, 0.5) is 0 Å². The topological polar surface area (TPSA) is 95.1 Å². The Hall–Kier alpha value is -3.10. The molecule has 2 aromatic heterocycles. The predicted molar refractivity (Wildman–Crippen MR) is 120 cm³/mol. The lowest BCUT2D eigenvalue weighted by Crippen LogP contribution is -2.38. The number of likely N-dealkylation sites (N-methyl/N-ethyl adjacent to an activating group) is 1. The van der Waals surface area contributed by atoms with Crippen molar-refractivity contribution in [2.75, 3.05) is 27.2 Å². The lowest BCUT2D eigenvalue weighted by Gasteiger charge is -2.25. The average Bonchev–Trinajstić information content (AvgIpc) is 2.74. The van der Waals surface area contributed by atoms with Crippen LogP contribution in [0.2, 0.25) is 5.02 Å². The number of aromatic nitrogens is 4. The molecule has 0 saturated heterocycles. The number of nitrogens with one attached hydrogen (secondary N) is 1. The Morgan fingerprint density at radius 1 is 1.13 bits per heavy atom. The lowest BCUT2D eigenvalue weighted by atomic mass is 10.1. The monoisotopic (exact) mass is 440 g/mol. The molecule has 0 aliphatic heterocycles. The zero-order valence-corrected chi connectivity index (χ0v) is 18.6. The van der Waals surface area contributed by atoms with Crippen LogP contribution in [0.15, 0.2) is 47.5 Å². The van der Waals surface area contributed by atoms with Gasteiger partial charge in [-0.25, -0.2) is 15.0 Å². The van der Waals surface area contributed by atoms with Gasteiger partial charge in [0.15, 0.2) is 11.6 Å². The Morgan fingerprint density at radius 3 is 2.52 bits per heavy atom. The minimum absolute atomic E-state index is 0.0436. The highest BCUT2D eigenvalue weighted by Crippen LogP contribution is 2.14. The van der Waals surface area contributed by atoms with Gasteiger partial charge in [-0.2, -0.15) is 0 Å². The molecule has 3 rings (SSSR count). The van der Waals surface area contributed by atoms with Crippen LogP contribution in [0.5, 0.6) is 0 Å². The van der Waals surface area contributed by atoms with Gasteiger partial charge in [0, 0.05) is 48.3 Å². The molecule has 1 amide bonds. The second-order valence-electron chi connectivity index (χ2n) is 7.48. The van der Waals surface area contributed by atoms with Gasteiger partial charge >= 0.3 is 0 Å². The number of amides is 1. The van der Waals surface area contributed by atoms with E-state index in [4.69, 9.17) is 11.6 Å². The smallest absolute Gasteiger partial charge is 0.255 e. The summed E-state index contributed by atoms with van der Waals surface area (Å²) in [5.74, 6) is 0.456. The highest BCUT2D eigenvalue weighted by molar-refractivity contribution is 6.30. The third-order valence-electron chi connectivity index (χ3n) is 4.76. The molecule has 9 heteroatoms. The van der Waals surface area contributed by atoms with E-state index in [1.807, 2.05) is 37.2 Å². The molecule has 0 aliphatic rings. The molecule has 0 aliphatic carbocycles. The summed E-state index contributed by atoms with van der Waals surface area (Å²) in [6, 6.07) is 9.10. The Kier molecular flexibility index (Phi) is 7.49. The number of benzene rings is 1. The zero-order chi connectivity index (χ0) is 22.4. The van der Waals surface area contributed by atoms with Crippen LogP contribution >= 0.6 is 11.6 Å². The molecule has 0 unspecified atom stereocenters. The zero-order valence-electron chi connectivity index (χ0n) is 17.8. The fraction of sp³-hybridized carbons (Fsp3) is 0.318. The molecule has 0 saturated carbocycles. The predicted octanol–water partition coefficient (Wildman–Crippen LogP) is 2.32. The maximum absolute atomic E-state index is 13.1. The Morgan fingerprint density at radius 2 is 1.87 bits per heavy atom. The van der Waals surface area contributed by atoms with E-state index in [0.29, 0.717) is 41.7 Å². The normalized spacial score (nSPS) is 11.0. The summed E-state index contributed by atoms with van der Waals surface area (Å²) in [7, 11) is 3.90. The van der Waals surface area contributed by atoms with Crippen LogP contribution < -0.4 is 5.56 Å². The van der Waals surface area contributed by atoms with Crippen molar-refractivity contribution in [3.8, 4) is 11.6 Å². The van der Waals surface area contributed by atoms with E-state index in [2.05, 4.69) is 19.9 Å². The summed E-state index contributed by atoms with van der Waals surface area (Å²) in [6.45, 7) is 3.35. The number of rotatable bonds is 8. The van der Waals surface area contributed by atoms with E-state index < -0.39 is 0 Å². The maximum atomic E-state index is 13.1. The largest absolute Gasteiger partial charge is 0.337 e. The number of hydrogen-bond donors (Lipinski definition) is 1.